The third-order valence-corrected chi connectivity index (χ3v) is 3.58. The van der Waals surface area contributed by atoms with E-state index in [2.05, 4.69) is 6.92 Å². The van der Waals surface area contributed by atoms with Crippen LogP contribution >= 0.6 is 0 Å². The molecule has 0 spiro atoms. The molecule has 0 bridgehead atoms. The molecular weight excluding hydrogens is 224 g/mol. The molecule has 0 aromatic heterocycles. The Morgan fingerprint density at radius 1 is 0.722 bits per heavy atom. The van der Waals surface area contributed by atoms with E-state index in [1.165, 1.54) is 58.8 Å². The van der Waals surface area contributed by atoms with Crippen molar-refractivity contribution < 1.29 is 9.59 Å². The molecule has 0 unspecified atom stereocenters. The lowest BCUT2D eigenvalue weighted by Crippen LogP contribution is -2.19. The zero-order valence-corrected chi connectivity index (χ0v) is 12.5. The zero-order chi connectivity index (χ0) is 13.8. The van der Waals surface area contributed by atoms with Gasteiger partial charge in [-0.1, -0.05) is 64.7 Å². The summed E-state index contributed by atoms with van der Waals surface area (Å²) in [5, 5.41) is 0. The minimum absolute atomic E-state index is 0.0297. The average molecular weight is 254 g/mol. The maximum absolute atomic E-state index is 11.2. The molecule has 0 N–H and O–H groups in total. The van der Waals surface area contributed by atoms with Gasteiger partial charge in [0.25, 0.3) is 0 Å². The van der Waals surface area contributed by atoms with Crippen LogP contribution in [0.5, 0.6) is 0 Å². The number of carbonyl (C=O) groups excluding carboxylic acids is 2. The Kier molecular flexibility index (Phi) is 11.0. The molecular formula is C16H30O2. The van der Waals surface area contributed by atoms with E-state index in [1.54, 1.807) is 0 Å². The van der Waals surface area contributed by atoms with E-state index in [1.807, 2.05) is 0 Å². The molecule has 0 amide bonds. The van der Waals surface area contributed by atoms with Gasteiger partial charge in [0, 0.05) is 0 Å². The van der Waals surface area contributed by atoms with E-state index in [0.29, 0.717) is 0 Å². The Morgan fingerprint density at radius 2 is 1.11 bits per heavy atom. The lowest BCUT2D eigenvalue weighted by atomic mass is 9.93. The summed E-state index contributed by atoms with van der Waals surface area (Å²) >= 11 is 0. The largest absolute Gasteiger partial charge is 0.299 e. The highest BCUT2D eigenvalue weighted by Gasteiger charge is 2.18. The van der Waals surface area contributed by atoms with Crippen LogP contribution in [0.4, 0.5) is 0 Å². The van der Waals surface area contributed by atoms with Crippen molar-refractivity contribution in [3.63, 3.8) is 0 Å². The maximum atomic E-state index is 11.2. The molecule has 0 aromatic rings. The van der Waals surface area contributed by atoms with Crippen LogP contribution in [0.2, 0.25) is 0 Å². The number of hydrogen-bond donors (Lipinski definition) is 0. The summed E-state index contributed by atoms with van der Waals surface area (Å²) in [4.78, 5) is 22.5. The van der Waals surface area contributed by atoms with Crippen molar-refractivity contribution >= 4 is 11.6 Å². The topological polar surface area (TPSA) is 34.1 Å². The van der Waals surface area contributed by atoms with Crippen molar-refractivity contribution in [2.75, 3.05) is 0 Å². The van der Waals surface area contributed by atoms with Gasteiger partial charge in [-0.05, 0) is 20.3 Å². The first-order valence-electron chi connectivity index (χ1n) is 7.60. The highest BCUT2D eigenvalue weighted by atomic mass is 16.1. The Hall–Kier alpha value is -0.660. The molecule has 0 atom stereocenters. The highest BCUT2D eigenvalue weighted by Crippen LogP contribution is 2.15. The fourth-order valence-electron chi connectivity index (χ4n) is 2.35. The number of hydrogen-bond acceptors (Lipinski definition) is 2. The minimum Gasteiger partial charge on any atom is -0.299 e. The molecule has 0 aliphatic rings. The second-order valence-electron chi connectivity index (χ2n) is 5.39. The van der Waals surface area contributed by atoms with Crippen molar-refractivity contribution in [2.24, 2.45) is 5.92 Å². The molecule has 0 saturated carbocycles. The molecule has 2 heteroatoms. The molecule has 0 aromatic carbocycles. The number of rotatable bonds is 12. The Balaban J connectivity index is 3.39. The third-order valence-electron chi connectivity index (χ3n) is 3.58. The molecule has 0 aliphatic carbocycles. The summed E-state index contributed by atoms with van der Waals surface area (Å²) in [6.45, 7) is 5.29. The molecule has 0 fully saturated rings. The van der Waals surface area contributed by atoms with Crippen molar-refractivity contribution in [2.45, 2.75) is 85.0 Å². The average Bonchev–Trinajstić information content (AvgIpc) is 2.30. The molecule has 0 saturated heterocycles. The first kappa shape index (κ1) is 17.3. The summed E-state index contributed by atoms with van der Waals surface area (Å²) < 4.78 is 0. The molecule has 0 radical (unpaired) electrons. The Morgan fingerprint density at radius 3 is 1.50 bits per heavy atom. The number of carbonyl (C=O) groups is 2. The standard InChI is InChI=1S/C16H30O2/c1-4-5-6-7-8-9-10-11-12-13-16(14(2)17)15(3)18/h16H,4-13H2,1-3H3. The van der Waals surface area contributed by atoms with Crippen LogP contribution in [0.25, 0.3) is 0 Å². The van der Waals surface area contributed by atoms with E-state index in [0.717, 1.165) is 19.3 Å². The normalized spacial score (nSPS) is 10.9. The van der Waals surface area contributed by atoms with Crippen molar-refractivity contribution in [1.82, 2.24) is 0 Å². The minimum atomic E-state index is -0.338. The third kappa shape index (κ3) is 9.38. The van der Waals surface area contributed by atoms with Crippen LogP contribution < -0.4 is 0 Å². The summed E-state index contributed by atoms with van der Waals surface area (Å²) in [7, 11) is 0. The van der Waals surface area contributed by atoms with E-state index >= 15 is 0 Å². The van der Waals surface area contributed by atoms with Crippen LogP contribution in [0, 0.1) is 5.92 Å². The molecule has 106 valence electrons. The SMILES string of the molecule is CCCCCCCCCCCC(C(C)=O)C(C)=O. The van der Waals surface area contributed by atoms with Crippen LogP contribution in [-0.2, 0) is 9.59 Å². The monoisotopic (exact) mass is 254 g/mol. The Bertz CT molecular complexity index is 219. The fourth-order valence-corrected chi connectivity index (χ4v) is 2.35. The van der Waals surface area contributed by atoms with Gasteiger partial charge in [-0.25, -0.2) is 0 Å². The predicted molar refractivity (Wildman–Crippen MR) is 76.7 cm³/mol. The van der Waals surface area contributed by atoms with Gasteiger partial charge in [0.15, 0.2) is 0 Å². The summed E-state index contributed by atoms with van der Waals surface area (Å²) in [5.41, 5.74) is 0. The summed E-state index contributed by atoms with van der Waals surface area (Å²) in [5.74, 6) is -0.279. The van der Waals surface area contributed by atoms with Crippen molar-refractivity contribution in [3.05, 3.63) is 0 Å². The quantitative estimate of drug-likeness (QED) is 0.373. The van der Waals surface area contributed by atoms with Crippen LogP contribution in [-0.4, -0.2) is 11.6 Å². The number of unbranched alkanes of at least 4 members (excludes halogenated alkanes) is 8. The summed E-state index contributed by atoms with van der Waals surface area (Å²) in [6, 6.07) is 0. The van der Waals surface area contributed by atoms with E-state index in [9.17, 15) is 9.59 Å². The molecule has 0 aliphatic heterocycles. The first-order chi connectivity index (χ1) is 8.59. The maximum Gasteiger partial charge on any atom is 0.140 e. The van der Waals surface area contributed by atoms with E-state index in [-0.39, 0.29) is 17.5 Å². The van der Waals surface area contributed by atoms with Crippen LogP contribution in [0.1, 0.15) is 85.0 Å². The van der Waals surface area contributed by atoms with Gasteiger partial charge in [0.05, 0.1) is 5.92 Å². The second-order valence-corrected chi connectivity index (χ2v) is 5.39. The first-order valence-corrected chi connectivity index (χ1v) is 7.60. The van der Waals surface area contributed by atoms with Gasteiger partial charge in [-0.2, -0.15) is 0 Å². The smallest absolute Gasteiger partial charge is 0.140 e. The molecule has 0 heterocycles. The lowest BCUT2D eigenvalue weighted by Gasteiger charge is -2.09. The fraction of sp³-hybridized carbons (Fsp3) is 0.875. The van der Waals surface area contributed by atoms with Gasteiger partial charge in [-0.15, -0.1) is 0 Å². The van der Waals surface area contributed by atoms with Crippen LogP contribution in [0.3, 0.4) is 0 Å². The van der Waals surface area contributed by atoms with Crippen LogP contribution in [0.15, 0.2) is 0 Å². The Labute approximate surface area is 113 Å². The second kappa shape index (κ2) is 11.4. The lowest BCUT2D eigenvalue weighted by molar-refractivity contribution is -0.130. The van der Waals surface area contributed by atoms with E-state index < -0.39 is 0 Å². The van der Waals surface area contributed by atoms with Gasteiger partial charge < -0.3 is 0 Å². The highest BCUT2D eigenvalue weighted by molar-refractivity contribution is 6.00. The van der Waals surface area contributed by atoms with Crippen molar-refractivity contribution in [1.29, 1.82) is 0 Å². The van der Waals surface area contributed by atoms with Gasteiger partial charge in [0.1, 0.15) is 11.6 Å². The number of Topliss-reactive ketones (excluding diaryl/α,β-unsaturated/α-hetero) is 2. The molecule has 2 nitrogen and oxygen atoms in total. The van der Waals surface area contributed by atoms with Gasteiger partial charge in [-0.3, -0.25) is 9.59 Å². The summed E-state index contributed by atoms with van der Waals surface area (Å²) in [6.07, 6.45) is 12.2. The predicted octanol–water partition coefficient (Wildman–Crippen LogP) is 4.70. The van der Waals surface area contributed by atoms with Crippen molar-refractivity contribution in [3.8, 4) is 0 Å². The van der Waals surface area contributed by atoms with Gasteiger partial charge >= 0.3 is 0 Å². The van der Waals surface area contributed by atoms with Gasteiger partial charge in [0.2, 0.25) is 0 Å². The van der Waals surface area contributed by atoms with E-state index in [4.69, 9.17) is 0 Å². The zero-order valence-electron chi connectivity index (χ0n) is 12.5. The molecule has 0 rings (SSSR count). The number of ketones is 2. The molecule has 18 heavy (non-hydrogen) atoms.